The quantitative estimate of drug-likeness (QED) is 0.431. The zero-order valence-electron chi connectivity index (χ0n) is 15.9. The molecule has 140 valence electrons. The summed E-state index contributed by atoms with van der Waals surface area (Å²) >= 11 is 0. The molecule has 0 radical (unpaired) electrons. The van der Waals surface area contributed by atoms with E-state index in [1.165, 1.54) is 11.1 Å². The number of benzene rings is 1. The predicted octanol–water partition coefficient (Wildman–Crippen LogP) is 3.05. The van der Waals surface area contributed by atoms with E-state index in [0.717, 1.165) is 51.6 Å². The molecule has 1 aromatic carbocycles. The van der Waals surface area contributed by atoms with E-state index in [4.69, 9.17) is 14.5 Å². The number of hydrogen-bond acceptors (Lipinski definition) is 3. The van der Waals surface area contributed by atoms with Crippen LogP contribution < -0.4 is 10.6 Å². The number of aryl methyl sites for hydroxylation is 1. The van der Waals surface area contributed by atoms with E-state index in [0.29, 0.717) is 12.5 Å². The van der Waals surface area contributed by atoms with Crippen molar-refractivity contribution >= 4 is 5.96 Å². The Morgan fingerprint density at radius 1 is 1.24 bits per heavy atom. The second kappa shape index (κ2) is 11.1. The summed E-state index contributed by atoms with van der Waals surface area (Å²) < 4.78 is 11.5. The Balaban J connectivity index is 1.96. The molecule has 5 nitrogen and oxygen atoms in total. The number of nitrogens with zero attached hydrogens (tertiary/aromatic N) is 1. The van der Waals surface area contributed by atoms with Crippen LogP contribution in [0, 0.1) is 12.8 Å². The maximum Gasteiger partial charge on any atom is 0.191 e. The Labute approximate surface area is 152 Å². The van der Waals surface area contributed by atoms with E-state index < -0.39 is 0 Å². The molecule has 2 N–H and O–H groups in total. The monoisotopic (exact) mass is 347 g/mol. The normalized spacial score (nSPS) is 21.2. The average Bonchev–Trinajstić information content (AvgIpc) is 2.64. The van der Waals surface area contributed by atoms with Gasteiger partial charge in [0.2, 0.25) is 0 Å². The molecule has 2 atom stereocenters. The standard InChI is InChI=1S/C20H33N3O2/c1-4-21-20(22-12-14-24-5-2)23-15-18-7-6-13-25-19(18)17-10-8-16(3)9-11-17/h8-11,18-19H,4-7,12-15H2,1-3H3,(H2,21,22,23). The highest BCUT2D eigenvalue weighted by Crippen LogP contribution is 2.33. The van der Waals surface area contributed by atoms with Crippen LogP contribution in [0.3, 0.4) is 0 Å². The van der Waals surface area contributed by atoms with Crippen molar-refractivity contribution in [3.8, 4) is 0 Å². The number of ether oxygens (including phenoxy) is 2. The molecule has 0 bridgehead atoms. The van der Waals surface area contributed by atoms with Crippen molar-refractivity contribution in [2.45, 2.75) is 39.7 Å². The molecule has 0 spiro atoms. The maximum atomic E-state index is 6.09. The minimum Gasteiger partial charge on any atom is -0.380 e. The van der Waals surface area contributed by atoms with Crippen LogP contribution in [0.15, 0.2) is 29.3 Å². The molecule has 1 saturated heterocycles. The van der Waals surface area contributed by atoms with Crippen LogP contribution in [-0.2, 0) is 9.47 Å². The molecule has 2 unspecified atom stereocenters. The molecule has 1 fully saturated rings. The summed E-state index contributed by atoms with van der Waals surface area (Å²) in [5, 5.41) is 6.63. The first-order valence-corrected chi connectivity index (χ1v) is 9.52. The number of aliphatic imine (C=N–C) groups is 1. The molecule has 0 amide bonds. The summed E-state index contributed by atoms with van der Waals surface area (Å²) in [4.78, 5) is 4.79. The van der Waals surface area contributed by atoms with E-state index >= 15 is 0 Å². The van der Waals surface area contributed by atoms with Gasteiger partial charge in [0.15, 0.2) is 5.96 Å². The van der Waals surface area contributed by atoms with Gasteiger partial charge in [-0.2, -0.15) is 0 Å². The van der Waals surface area contributed by atoms with E-state index in [1.807, 2.05) is 6.92 Å². The van der Waals surface area contributed by atoms with Crippen LogP contribution in [0.2, 0.25) is 0 Å². The van der Waals surface area contributed by atoms with E-state index in [1.54, 1.807) is 0 Å². The third-order valence-corrected chi connectivity index (χ3v) is 4.42. The van der Waals surface area contributed by atoms with Crippen molar-refractivity contribution in [2.75, 3.05) is 39.5 Å². The lowest BCUT2D eigenvalue weighted by molar-refractivity contribution is -0.0250. The lowest BCUT2D eigenvalue weighted by atomic mass is 9.89. The van der Waals surface area contributed by atoms with Crippen molar-refractivity contribution in [2.24, 2.45) is 10.9 Å². The van der Waals surface area contributed by atoms with Crippen molar-refractivity contribution in [3.63, 3.8) is 0 Å². The molecular weight excluding hydrogens is 314 g/mol. The summed E-state index contributed by atoms with van der Waals surface area (Å²) in [7, 11) is 0. The van der Waals surface area contributed by atoms with Gasteiger partial charge in [-0.3, -0.25) is 4.99 Å². The fraction of sp³-hybridized carbons (Fsp3) is 0.650. The molecule has 1 heterocycles. The van der Waals surface area contributed by atoms with Crippen LogP contribution in [-0.4, -0.2) is 45.4 Å². The summed E-state index contributed by atoms with van der Waals surface area (Å²) in [5.74, 6) is 1.27. The summed E-state index contributed by atoms with van der Waals surface area (Å²) in [6.07, 6.45) is 2.40. The lowest BCUT2D eigenvalue weighted by Gasteiger charge is -2.31. The van der Waals surface area contributed by atoms with Gasteiger partial charge in [-0.05, 0) is 39.2 Å². The SMILES string of the molecule is CCNC(=NCC1CCCOC1c1ccc(C)cc1)NCCOCC. The molecule has 5 heteroatoms. The van der Waals surface area contributed by atoms with Gasteiger partial charge in [0.1, 0.15) is 0 Å². The largest absolute Gasteiger partial charge is 0.380 e. The van der Waals surface area contributed by atoms with Crippen molar-refractivity contribution in [1.29, 1.82) is 0 Å². The Morgan fingerprint density at radius 3 is 2.76 bits per heavy atom. The van der Waals surface area contributed by atoms with Crippen molar-refractivity contribution in [1.82, 2.24) is 10.6 Å². The highest BCUT2D eigenvalue weighted by molar-refractivity contribution is 5.79. The van der Waals surface area contributed by atoms with E-state index in [2.05, 4.69) is 48.7 Å². The fourth-order valence-corrected chi connectivity index (χ4v) is 3.09. The minimum absolute atomic E-state index is 0.143. The minimum atomic E-state index is 0.143. The molecular formula is C20H33N3O2. The van der Waals surface area contributed by atoms with Crippen LogP contribution in [0.5, 0.6) is 0 Å². The second-order valence-corrected chi connectivity index (χ2v) is 6.45. The first-order chi connectivity index (χ1) is 12.2. The smallest absolute Gasteiger partial charge is 0.191 e. The summed E-state index contributed by atoms with van der Waals surface area (Å²) in [6, 6.07) is 8.70. The Bertz CT molecular complexity index is 516. The third-order valence-electron chi connectivity index (χ3n) is 4.42. The van der Waals surface area contributed by atoms with Crippen LogP contribution in [0.4, 0.5) is 0 Å². The number of guanidine groups is 1. The summed E-state index contributed by atoms with van der Waals surface area (Å²) in [5.41, 5.74) is 2.54. The number of hydrogen-bond donors (Lipinski definition) is 2. The van der Waals surface area contributed by atoms with Crippen LogP contribution in [0.1, 0.15) is 43.9 Å². The Hall–Kier alpha value is -1.59. The van der Waals surface area contributed by atoms with E-state index in [9.17, 15) is 0 Å². The van der Waals surface area contributed by atoms with Crippen LogP contribution >= 0.6 is 0 Å². The molecule has 1 aliphatic rings. The molecule has 1 aliphatic heterocycles. The molecule has 25 heavy (non-hydrogen) atoms. The highest BCUT2D eigenvalue weighted by Gasteiger charge is 2.27. The van der Waals surface area contributed by atoms with Gasteiger partial charge in [0, 0.05) is 38.8 Å². The Kier molecular flexibility index (Phi) is 8.77. The first-order valence-electron chi connectivity index (χ1n) is 9.52. The fourth-order valence-electron chi connectivity index (χ4n) is 3.09. The molecule has 0 aliphatic carbocycles. The second-order valence-electron chi connectivity index (χ2n) is 6.45. The maximum absolute atomic E-state index is 6.09. The van der Waals surface area contributed by atoms with Gasteiger partial charge in [-0.1, -0.05) is 29.8 Å². The van der Waals surface area contributed by atoms with Gasteiger partial charge < -0.3 is 20.1 Å². The van der Waals surface area contributed by atoms with Gasteiger partial charge in [-0.25, -0.2) is 0 Å². The van der Waals surface area contributed by atoms with Gasteiger partial charge in [0.25, 0.3) is 0 Å². The lowest BCUT2D eigenvalue weighted by Crippen LogP contribution is -2.39. The average molecular weight is 348 g/mol. The molecule has 0 saturated carbocycles. The van der Waals surface area contributed by atoms with Gasteiger partial charge in [0.05, 0.1) is 12.7 Å². The number of rotatable bonds is 8. The van der Waals surface area contributed by atoms with Crippen LogP contribution in [0.25, 0.3) is 0 Å². The third kappa shape index (κ3) is 6.67. The highest BCUT2D eigenvalue weighted by atomic mass is 16.5. The number of nitrogens with one attached hydrogen (secondary N) is 2. The van der Waals surface area contributed by atoms with Crippen molar-refractivity contribution < 1.29 is 9.47 Å². The topological polar surface area (TPSA) is 54.9 Å². The summed E-state index contributed by atoms with van der Waals surface area (Å²) in [6.45, 7) is 10.9. The van der Waals surface area contributed by atoms with Gasteiger partial charge in [-0.15, -0.1) is 0 Å². The Morgan fingerprint density at radius 2 is 2.04 bits per heavy atom. The first kappa shape index (κ1) is 19.7. The van der Waals surface area contributed by atoms with Crippen molar-refractivity contribution in [3.05, 3.63) is 35.4 Å². The van der Waals surface area contributed by atoms with Gasteiger partial charge >= 0.3 is 0 Å². The predicted molar refractivity (Wildman–Crippen MR) is 103 cm³/mol. The molecule has 0 aromatic heterocycles. The van der Waals surface area contributed by atoms with E-state index in [-0.39, 0.29) is 6.10 Å². The zero-order valence-corrected chi connectivity index (χ0v) is 15.9. The molecule has 2 rings (SSSR count). The zero-order chi connectivity index (χ0) is 17.9. The molecule has 1 aromatic rings.